The maximum Gasteiger partial charge on any atom is 0.274 e. The Bertz CT molecular complexity index is 1230. The first kappa shape index (κ1) is 18.6. The molecular weight excluding hydrogens is 366 g/mol. The highest BCUT2D eigenvalue weighted by Gasteiger charge is 2.22. The summed E-state index contributed by atoms with van der Waals surface area (Å²) in [6, 6.07) is 16.6. The molecule has 0 aliphatic heterocycles. The van der Waals surface area contributed by atoms with Gasteiger partial charge in [0.25, 0.3) is 5.56 Å². The molecule has 0 unspecified atom stereocenters. The second-order valence-electron chi connectivity index (χ2n) is 6.76. The zero-order valence-electron chi connectivity index (χ0n) is 16.2. The van der Waals surface area contributed by atoms with E-state index in [0.717, 1.165) is 5.69 Å². The van der Waals surface area contributed by atoms with Crippen LogP contribution in [-0.4, -0.2) is 25.5 Å². The van der Waals surface area contributed by atoms with Gasteiger partial charge in [0.05, 0.1) is 22.7 Å². The third-order valence-corrected chi connectivity index (χ3v) is 4.88. The van der Waals surface area contributed by atoms with Crippen molar-refractivity contribution in [3.8, 4) is 5.69 Å². The molecule has 146 valence electrons. The topological polar surface area (TPSA) is 81.8 Å². The molecule has 2 aromatic carbocycles. The maximum atomic E-state index is 13.0. The first-order chi connectivity index (χ1) is 14.1. The van der Waals surface area contributed by atoms with Crippen molar-refractivity contribution in [2.75, 3.05) is 5.32 Å². The quantitative estimate of drug-likeness (QED) is 0.569. The molecule has 1 amide bonds. The van der Waals surface area contributed by atoms with Crippen LogP contribution in [0.2, 0.25) is 0 Å². The SMILES string of the molecule is CCn1nc([C@H](C)C(=O)Nc2cccc(-n3cccn3)c2)c2ccccc2c1=O. The maximum absolute atomic E-state index is 13.0. The predicted molar refractivity (Wildman–Crippen MR) is 112 cm³/mol. The molecule has 4 rings (SSSR count). The van der Waals surface area contributed by atoms with E-state index in [1.807, 2.05) is 61.7 Å². The average molecular weight is 387 g/mol. The van der Waals surface area contributed by atoms with Crippen LogP contribution in [0.5, 0.6) is 0 Å². The number of benzene rings is 2. The summed E-state index contributed by atoms with van der Waals surface area (Å²) in [6.45, 7) is 4.10. The number of anilines is 1. The lowest BCUT2D eigenvalue weighted by molar-refractivity contribution is -0.117. The van der Waals surface area contributed by atoms with E-state index in [1.54, 1.807) is 23.9 Å². The number of carbonyl (C=O) groups is 1. The van der Waals surface area contributed by atoms with E-state index in [1.165, 1.54) is 4.68 Å². The second-order valence-corrected chi connectivity index (χ2v) is 6.76. The van der Waals surface area contributed by atoms with Crippen molar-refractivity contribution < 1.29 is 4.79 Å². The first-order valence-corrected chi connectivity index (χ1v) is 9.49. The minimum Gasteiger partial charge on any atom is -0.325 e. The summed E-state index contributed by atoms with van der Waals surface area (Å²) >= 11 is 0. The van der Waals surface area contributed by atoms with Crippen molar-refractivity contribution in [3.63, 3.8) is 0 Å². The fourth-order valence-corrected chi connectivity index (χ4v) is 3.32. The number of amides is 1. The zero-order chi connectivity index (χ0) is 20.4. The number of rotatable bonds is 5. The lowest BCUT2D eigenvalue weighted by Crippen LogP contribution is -2.27. The molecule has 1 N–H and O–H groups in total. The number of aromatic nitrogens is 4. The summed E-state index contributed by atoms with van der Waals surface area (Å²) in [7, 11) is 0. The Balaban J connectivity index is 1.66. The molecule has 0 spiro atoms. The summed E-state index contributed by atoms with van der Waals surface area (Å²) in [5.74, 6) is -0.728. The third-order valence-electron chi connectivity index (χ3n) is 4.88. The fraction of sp³-hybridized carbons (Fsp3) is 0.182. The van der Waals surface area contributed by atoms with Crippen LogP contribution in [-0.2, 0) is 11.3 Å². The Labute approximate surface area is 167 Å². The molecule has 0 radical (unpaired) electrons. The van der Waals surface area contributed by atoms with Gasteiger partial charge in [-0.1, -0.05) is 24.3 Å². The molecule has 2 heterocycles. The van der Waals surface area contributed by atoms with E-state index in [2.05, 4.69) is 15.5 Å². The number of fused-ring (bicyclic) bond motifs is 1. The number of nitrogens with zero attached hydrogens (tertiary/aromatic N) is 4. The minimum atomic E-state index is -0.536. The van der Waals surface area contributed by atoms with E-state index >= 15 is 0 Å². The van der Waals surface area contributed by atoms with E-state index in [4.69, 9.17) is 0 Å². The lowest BCUT2D eigenvalue weighted by atomic mass is 10.0. The van der Waals surface area contributed by atoms with E-state index in [9.17, 15) is 9.59 Å². The highest BCUT2D eigenvalue weighted by atomic mass is 16.2. The smallest absolute Gasteiger partial charge is 0.274 e. The van der Waals surface area contributed by atoms with Crippen molar-refractivity contribution in [1.29, 1.82) is 0 Å². The number of carbonyl (C=O) groups excluding carboxylic acids is 1. The van der Waals surface area contributed by atoms with E-state index in [0.29, 0.717) is 28.7 Å². The third kappa shape index (κ3) is 3.54. The van der Waals surface area contributed by atoms with E-state index < -0.39 is 5.92 Å². The van der Waals surface area contributed by atoms with Crippen LogP contribution in [0.3, 0.4) is 0 Å². The molecule has 29 heavy (non-hydrogen) atoms. The normalized spacial score (nSPS) is 12.1. The summed E-state index contributed by atoms with van der Waals surface area (Å²) in [4.78, 5) is 25.5. The van der Waals surface area contributed by atoms with Gasteiger partial charge in [-0.3, -0.25) is 9.59 Å². The van der Waals surface area contributed by atoms with Crippen molar-refractivity contribution in [2.24, 2.45) is 0 Å². The molecule has 0 aliphatic rings. The zero-order valence-corrected chi connectivity index (χ0v) is 16.2. The molecule has 0 aliphatic carbocycles. The van der Waals surface area contributed by atoms with Gasteiger partial charge in [-0.25, -0.2) is 9.36 Å². The van der Waals surface area contributed by atoms with Crippen LogP contribution in [0.4, 0.5) is 5.69 Å². The predicted octanol–water partition coefficient (Wildman–Crippen LogP) is 3.34. The number of hydrogen-bond donors (Lipinski definition) is 1. The number of aryl methyl sites for hydroxylation is 1. The van der Waals surface area contributed by atoms with Gasteiger partial charge >= 0.3 is 0 Å². The van der Waals surface area contributed by atoms with Crippen LogP contribution in [0.1, 0.15) is 25.5 Å². The summed E-state index contributed by atoms with van der Waals surface area (Å²) in [5.41, 5.74) is 1.96. The van der Waals surface area contributed by atoms with Gasteiger partial charge in [0.15, 0.2) is 0 Å². The highest BCUT2D eigenvalue weighted by Crippen LogP contribution is 2.23. The monoisotopic (exact) mass is 387 g/mol. The molecule has 0 fully saturated rings. The molecule has 7 heteroatoms. The van der Waals surface area contributed by atoms with Gasteiger partial charge < -0.3 is 5.32 Å². The van der Waals surface area contributed by atoms with E-state index in [-0.39, 0.29) is 11.5 Å². The second kappa shape index (κ2) is 7.71. The van der Waals surface area contributed by atoms with Gasteiger partial charge in [-0.15, -0.1) is 0 Å². The highest BCUT2D eigenvalue weighted by molar-refractivity contribution is 5.98. The van der Waals surface area contributed by atoms with Crippen LogP contribution in [0, 0.1) is 0 Å². The lowest BCUT2D eigenvalue weighted by Gasteiger charge is -2.16. The molecule has 1 atom stereocenters. The Morgan fingerprint density at radius 2 is 1.90 bits per heavy atom. The van der Waals surface area contributed by atoms with Crippen molar-refractivity contribution in [3.05, 3.63) is 83.0 Å². The molecule has 0 saturated carbocycles. The standard InChI is InChI=1S/C22H21N5O2/c1-3-26-22(29)19-11-5-4-10-18(19)20(25-26)15(2)21(28)24-16-8-6-9-17(14-16)27-13-7-12-23-27/h4-15H,3H2,1-2H3,(H,24,28)/t15-/m0/s1. The summed E-state index contributed by atoms with van der Waals surface area (Å²) in [6.07, 6.45) is 3.54. The van der Waals surface area contributed by atoms with Crippen molar-refractivity contribution in [2.45, 2.75) is 26.3 Å². The first-order valence-electron chi connectivity index (χ1n) is 9.49. The Kier molecular flexibility index (Phi) is 4.95. The van der Waals surface area contributed by atoms with Crippen LogP contribution >= 0.6 is 0 Å². The Hall–Kier alpha value is -3.74. The van der Waals surface area contributed by atoms with Crippen LogP contribution < -0.4 is 10.9 Å². The largest absolute Gasteiger partial charge is 0.325 e. The minimum absolute atomic E-state index is 0.147. The molecule has 0 saturated heterocycles. The van der Waals surface area contributed by atoms with Crippen molar-refractivity contribution in [1.82, 2.24) is 19.6 Å². The number of hydrogen-bond acceptors (Lipinski definition) is 4. The van der Waals surface area contributed by atoms with Gasteiger partial charge in [-0.2, -0.15) is 10.2 Å². The van der Waals surface area contributed by atoms with Crippen LogP contribution in [0.15, 0.2) is 71.8 Å². The fourth-order valence-electron chi connectivity index (χ4n) is 3.32. The van der Waals surface area contributed by atoms with Gasteiger partial charge in [0.1, 0.15) is 0 Å². The Morgan fingerprint density at radius 3 is 2.62 bits per heavy atom. The van der Waals surface area contributed by atoms with Gasteiger partial charge in [0, 0.05) is 30.0 Å². The van der Waals surface area contributed by atoms with Gasteiger partial charge in [0.2, 0.25) is 5.91 Å². The van der Waals surface area contributed by atoms with Crippen LogP contribution in [0.25, 0.3) is 16.5 Å². The summed E-state index contributed by atoms with van der Waals surface area (Å²) in [5, 5.41) is 12.9. The number of nitrogens with one attached hydrogen (secondary N) is 1. The molecule has 7 nitrogen and oxygen atoms in total. The molecule has 2 aromatic heterocycles. The molecule has 4 aromatic rings. The Morgan fingerprint density at radius 1 is 1.10 bits per heavy atom. The molecular formula is C22H21N5O2. The summed E-state index contributed by atoms with van der Waals surface area (Å²) < 4.78 is 3.13. The average Bonchev–Trinajstić information content (AvgIpc) is 3.29. The van der Waals surface area contributed by atoms with Crippen molar-refractivity contribution >= 4 is 22.4 Å². The van der Waals surface area contributed by atoms with Gasteiger partial charge in [-0.05, 0) is 44.2 Å². The molecule has 0 bridgehead atoms.